The molecule has 2 aromatic heterocycles. The van der Waals surface area contributed by atoms with Gasteiger partial charge < -0.3 is 35.1 Å². The van der Waals surface area contributed by atoms with Crippen LogP contribution < -0.4 is 30.3 Å². The van der Waals surface area contributed by atoms with Crippen LogP contribution in [0.15, 0.2) is 77.9 Å². The number of carboxylic acids is 1. The largest absolute Gasteiger partial charge is 0.493 e. The molecule has 0 saturated carbocycles. The molecule has 15 heteroatoms. The lowest BCUT2D eigenvalue weighted by molar-refractivity contribution is -0.136. The molecule has 2 aliphatic rings. The van der Waals surface area contributed by atoms with Gasteiger partial charge >= 0.3 is 5.97 Å². The first-order chi connectivity index (χ1) is 26.1. The summed E-state index contributed by atoms with van der Waals surface area (Å²) in [6, 6.07) is 19.5. The lowest BCUT2D eigenvalue weighted by atomic mass is 10.1. The molecule has 4 amide bonds. The summed E-state index contributed by atoms with van der Waals surface area (Å²) >= 11 is 1.27. The first kappa shape index (κ1) is 35.9. The zero-order valence-corrected chi connectivity index (χ0v) is 30.2. The van der Waals surface area contributed by atoms with Crippen molar-refractivity contribution in [3.05, 3.63) is 94.6 Å². The van der Waals surface area contributed by atoms with E-state index >= 15 is 0 Å². The van der Waals surface area contributed by atoms with Crippen molar-refractivity contribution in [3.63, 3.8) is 0 Å². The van der Waals surface area contributed by atoms with Gasteiger partial charge in [-0.25, -0.2) is 0 Å². The van der Waals surface area contributed by atoms with Crippen LogP contribution in [0.2, 0.25) is 0 Å². The molecule has 7 rings (SSSR count). The molecule has 276 valence electrons. The molecule has 4 N–H and O–H groups in total. The third-order valence-electron chi connectivity index (χ3n) is 9.08. The minimum Gasteiger partial charge on any atom is -0.493 e. The van der Waals surface area contributed by atoms with Gasteiger partial charge in [0, 0.05) is 61.0 Å². The Hall–Kier alpha value is -6.48. The number of aliphatic carboxylic acids is 1. The van der Waals surface area contributed by atoms with E-state index < -0.39 is 11.9 Å². The Balaban J connectivity index is 0.916. The summed E-state index contributed by atoms with van der Waals surface area (Å²) in [7, 11) is 3.20. The van der Waals surface area contributed by atoms with E-state index in [1.54, 1.807) is 71.4 Å². The molecule has 0 saturated heterocycles. The molecular formula is C39H36N6O8S. The molecule has 0 fully saturated rings. The summed E-state index contributed by atoms with van der Waals surface area (Å²) in [5, 5.41) is 17.8. The van der Waals surface area contributed by atoms with Crippen molar-refractivity contribution < 1.29 is 38.6 Å². The standard InChI is InChI=1S/C39H36N6O8S/c1-44-21-25(17-30(44)37(49)43-24-9-10-33-23(14-24)16-34(54-33)38(50)40-12-11-36(47)48)42-35(46)8-5-13-53-32-19-28-27(18-31(32)52-2)39(51)45-26(20-41-28)15-22-6-3-4-7-29(22)45/h3-4,6-7,9-10,14,16-21,26H,5,8,11-13,15H2,1-2H3,(H,40,50)(H,42,46)(H,43,49)(H,47,48)/t26-/m0/s1. The number of carboxylic acid groups (broad SMARTS) is 1. The maximum Gasteiger partial charge on any atom is 0.305 e. The van der Waals surface area contributed by atoms with Crippen molar-refractivity contribution in [2.24, 2.45) is 12.0 Å². The number of rotatable bonds is 13. The number of aryl methyl sites for hydroxylation is 1. The van der Waals surface area contributed by atoms with Crippen LogP contribution in [0.25, 0.3) is 10.1 Å². The number of hydrogen-bond acceptors (Lipinski definition) is 9. The van der Waals surface area contributed by atoms with Crippen molar-refractivity contribution in [2.75, 3.05) is 35.8 Å². The second-order valence-corrected chi connectivity index (χ2v) is 13.9. The molecule has 5 aromatic rings. The zero-order valence-electron chi connectivity index (χ0n) is 29.4. The van der Waals surface area contributed by atoms with E-state index in [1.165, 1.54) is 18.4 Å². The third-order valence-corrected chi connectivity index (χ3v) is 10.2. The Labute approximate surface area is 313 Å². The van der Waals surface area contributed by atoms with Crippen LogP contribution in [0.5, 0.6) is 11.5 Å². The SMILES string of the molecule is COc1cc2c(cc1OCCCC(=O)Nc1cc(C(=O)Nc3ccc4sc(C(=O)NCCC(=O)O)cc4c3)n(C)c1)N=C[C@@H]1Cc3ccccc3N1C2=O. The maximum atomic E-state index is 13.6. The van der Waals surface area contributed by atoms with Gasteiger partial charge in [-0.3, -0.25) is 33.9 Å². The van der Waals surface area contributed by atoms with Crippen LogP contribution in [-0.4, -0.2) is 71.8 Å². The summed E-state index contributed by atoms with van der Waals surface area (Å²) in [6.07, 6.45) is 4.50. The summed E-state index contributed by atoms with van der Waals surface area (Å²) in [5.41, 5.74) is 4.18. The number of amides is 4. The number of nitrogens with one attached hydrogen (secondary N) is 3. The molecule has 0 spiro atoms. The molecular weight excluding hydrogens is 713 g/mol. The topological polar surface area (TPSA) is 181 Å². The molecule has 3 aromatic carbocycles. The van der Waals surface area contributed by atoms with Gasteiger partial charge in [-0.15, -0.1) is 11.3 Å². The second-order valence-electron chi connectivity index (χ2n) is 12.8. The number of aliphatic imine (C=N–C) groups is 1. The van der Waals surface area contributed by atoms with Gasteiger partial charge in [-0.05, 0) is 59.8 Å². The lowest BCUT2D eigenvalue weighted by Gasteiger charge is -2.22. The number of aromatic nitrogens is 1. The lowest BCUT2D eigenvalue weighted by Crippen LogP contribution is -2.37. The average molecular weight is 749 g/mol. The molecule has 0 radical (unpaired) electrons. The average Bonchev–Trinajstić information content (AvgIpc) is 3.83. The molecule has 14 nitrogen and oxygen atoms in total. The monoisotopic (exact) mass is 748 g/mol. The van der Waals surface area contributed by atoms with Gasteiger partial charge in [0.2, 0.25) is 5.91 Å². The fourth-order valence-corrected chi connectivity index (χ4v) is 7.44. The first-order valence-corrected chi connectivity index (χ1v) is 18.0. The Morgan fingerprint density at radius 2 is 1.80 bits per heavy atom. The van der Waals surface area contributed by atoms with E-state index in [1.807, 2.05) is 24.3 Å². The van der Waals surface area contributed by atoms with Gasteiger partial charge in [-0.1, -0.05) is 18.2 Å². The van der Waals surface area contributed by atoms with Crippen molar-refractivity contribution in [2.45, 2.75) is 31.7 Å². The number of methoxy groups -OCH3 is 1. The minimum atomic E-state index is -0.995. The van der Waals surface area contributed by atoms with Crippen molar-refractivity contribution >= 4 is 80.0 Å². The molecule has 2 aliphatic heterocycles. The molecule has 0 bridgehead atoms. The number of nitrogens with zero attached hydrogens (tertiary/aromatic N) is 3. The van der Waals surface area contributed by atoms with Crippen molar-refractivity contribution in [3.8, 4) is 11.5 Å². The normalized spacial score (nSPS) is 14.1. The van der Waals surface area contributed by atoms with E-state index in [0.29, 0.717) is 57.5 Å². The number of anilines is 3. The highest BCUT2D eigenvalue weighted by molar-refractivity contribution is 7.20. The van der Waals surface area contributed by atoms with Gasteiger partial charge in [0.25, 0.3) is 17.7 Å². The van der Waals surface area contributed by atoms with E-state index in [-0.39, 0.29) is 49.8 Å². The number of thiophene rings is 1. The number of hydrogen-bond donors (Lipinski definition) is 4. The highest BCUT2D eigenvalue weighted by atomic mass is 32.1. The van der Waals surface area contributed by atoms with Crippen LogP contribution in [0.3, 0.4) is 0 Å². The van der Waals surface area contributed by atoms with E-state index in [2.05, 4.69) is 20.9 Å². The fourth-order valence-electron chi connectivity index (χ4n) is 6.48. The van der Waals surface area contributed by atoms with Crippen LogP contribution in [0.4, 0.5) is 22.7 Å². The Bertz CT molecular complexity index is 2350. The molecule has 0 unspecified atom stereocenters. The van der Waals surface area contributed by atoms with Gasteiger partial charge in [0.05, 0.1) is 48.0 Å². The fraction of sp³-hybridized carbons (Fsp3) is 0.231. The van der Waals surface area contributed by atoms with Crippen LogP contribution in [0, 0.1) is 0 Å². The molecule has 4 heterocycles. The Morgan fingerprint density at radius 1 is 0.963 bits per heavy atom. The summed E-state index contributed by atoms with van der Waals surface area (Å²) < 4.78 is 14.0. The minimum absolute atomic E-state index is 0.0278. The Kier molecular flexibility index (Phi) is 10.1. The predicted octanol–water partition coefficient (Wildman–Crippen LogP) is 5.79. The Morgan fingerprint density at radius 3 is 2.61 bits per heavy atom. The van der Waals surface area contributed by atoms with Gasteiger partial charge in [-0.2, -0.15) is 0 Å². The highest BCUT2D eigenvalue weighted by Gasteiger charge is 2.36. The van der Waals surface area contributed by atoms with E-state index in [9.17, 15) is 24.0 Å². The van der Waals surface area contributed by atoms with Crippen molar-refractivity contribution in [1.82, 2.24) is 9.88 Å². The van der Waals surface area contributed by atoms with Crippen molar-refractivity contribution in [1.29, 1.82) is 0 Å². The summed E-state index contributed by atoms with van der Waals surface area (Å²) in [5.74, 6) is -1.36. The summed E-state index contributed by atoms with van der Waals surface area (Å²) in [4.78, 5) is 69.6. The second kappa shape index (κ2) is 15.2. The molecule has 1 atom stereocenters. The van der Waals surface area contributed by atoms with E-state index in [0.717, 1.165) is 21.3 Å². The third kappa shape index (κ3) is 7.52. The smallest absolute Gasteiger partial charge is 0.305 e. The van der Waals surface area contributed by atoms with E-state index in [4.69, 9.17) is 14.6 Å². The number of para-hydroxylation sites is 1. The quantitative estimate of drug-likeness (QED) is 0.109. The number of carbonyl (C=O) groups excluding carboxylic acids is 4. The number of carbonyl (C=O) groups is 5. The predicted molar refractivity (Wildman–Crippen MR) is 205 cm³/mol. The number of ether oxygens (including phenoxy) is 2. The van der Waals surface area contributed by atoms with Gasteiger partial charge in [0.1, 0.15) is 5.69 Å². The maximum absolute atomic E-state index is 13.6. The first-order valence-electron chi connectivity index (χ1n) is 17.2. The zero-order chi connectivity index (χ0) is 37.9. The van der Waals surface area contributed by atoms with Gasteiger partial charge in [0.15, 0.2) is 11.5 Å². The summed E-state index contributed by atoms with van der Waals surface area (Å²) in [6.45, 7) is 0.232. The van der Waals surface area contributed by atoms with Crippen LogP contribution in [-0.2, 0) is 23.1 Å². The molecule has 54 heavy (non-hydrogen) atoms. The number of benzene rings is 3. The van der Waals surface area contributed by atoms with Crippen LogP contribution in [0.1, 0.15) is 55.3 Å². The number of fused-ring (bicyclic) bond motifs is 5. The highest BCUT2D eigenvalue weighted by Crippen LogP contribution is 2.41. The van der Waals surface area contributed by atoms with Crippen LogP contribution >= 0.6 is 11.3 Å². The molecule has 0 aliphatic carbocycles.